The van der Waals surface area contributed by atoms with Gasteiger partial charge in [0.05, 0.1) is 0 Å². The second kappa shape index (κ2) is 10.3. The van der Waals surface area contributed by atoms with Crippen molar-refractivity contribution in [3.05, 3.63) is 69.7 Å². The number of ether oxygens (including phenoxy) is 1. The number of carboxylic acid groups (broad SMARTS) is 1. The molecule has 2 unspecified atom stereocenters. The van der Waals surface area contributed by atoms with Gasteiger partial charge in [-0.25, -0.2) is 9.59 Å². The molecule has 2 aromatic carbocycles. The Kier molecular flexibility index (Phi) is 8.15. The van der Waals surface area contributed by atoms with Crippen LogP contribution in [0.4, 0.5) is 4.79 Å². The molecule has 150 valence electrons. The summed E-state index contributed by atoms with van der Waals surface area (Å²) in [7, 11) is 0. The van der Waals surface area contributed by atoms with E-state index in [1.165, 1.54) is 0 Å². The van der Waals surface area contributed by atoms with E-state index >= 15 is 0 Å². The fourth-order valence-corrected chi connectivity index (χ4v) is 3.22. The fraction of sp³-hybridized carbons (Fsp3) is 0.333. The molecule has 7 heteroatoms. The molecule has 0 aliphatic heterocycles. The molecule has 0 fully saturated rings. The quantitative estimate of drug-likeness (QED) is 0.587. The zero-order valence-electron chi connectivity index (χ0n) is 15.7. The molecule has 2 atom stereocenters. The summed E-state index contributed by atoms with van der Waals surface area (Å²) >= 11 is 12.1. The zero-order chi connectivity index (χ0) is 20.7. The predicted octanol–water partition coefficient (Wildman–Crippen LogP) is 5.50. The first kappa shape index (κ1) is 22.1. The Labute approximate surface area is 174 Å². The molecule has 0 saturated heterocycles. The number of carboxylic acids is 1. The molecular weight excluding hydrogens is 401 g/mol. The average molecular weight is 424 g/mol. The van der Waals surface area contributed by atoms with E-state index in [4.69, 9.17) is 27.9 Å². The highest BCUT2D eigenvalue weighted by Gasteiger charge is 2.24. The van der Waals surface area contributed by atoms with E-state index in [0.29, 0.717) is 28.5 Å². The topological polar surface area (TPSA) is 75.6 Å². The number of carbonyl (C=O) groups is 2. The maximum Gasteiger partial charge on any atom is 0.408 e. The molecule has 0 bridgehead atoms. The van der Waals surface area contributed by atoms with Crippen LogP contribution in [0, 0.1) is 5.92 Å². The standard InChI is InChI=1S/C21H23Cl2NO4/c1-13(2)9-18(20(25)26)24-21(27)28-19(15-6-4-8-17(23)12-15)11-14-5-3-7-16(22)10-14/h3-8,10,12-13,18-19H,9,11H2,1-2H3,(H,24,27)(H,25,26). The number of benzene rings is 2. The summed E-state index contributed by atoms with van der Waals surface area (Å²) < 4.78 is 5.58. The number of alkyl carbamates (subject to hydrolysis) is 1. The van der Waals surface area contributed by atoms with Gasteiger partial charge in [0.25, 0.3) is 0 Å². The molecule has 1 amide bonds. The summed E-state index contributed by atoms with van der Waals surface area (Å²) in [5.74, 6) is -0.989. The van der Waals surface area contributed by atoms with Crippen LogP contribution in [0.5, 0.6) is 0 Å². The van der Waals surface area contributed by atoms with Crippen LogP contribution >= 0.6 is 23.2 Å². The van der Waals surface area contributed by atoms with Crippen molar-refractivity contribution in [2.75, 3.05) is 0 Å². The van der Waals surface area contributed by atoms with Crippen LogP contribution in [0.3, 0.4) is 0 Å². The van der Waals surface area contributed by atoms with E-state index in [9.17, 15) is 14.7 Å². The highest BCUT2D eigenvalue weighted by Crippen LogP contribution is 2.26. The van der Waals surface area contributed by atoms with Crippen LogP contribution in [0.25, 0.3) is 0 Å². The monoisotopic (exact) mass is 423 g/mol. The van der Waals surface area contributed by atoms with Crippen LogP contribution in [-0.4, -0.2) is 23.2 Å². The normalized spacial score (nSPS) is 13.0. The number of aliphatic carboxylic acids is 1. The summed E-state index contributed by atoms with van der Waals surface area (Å²) in [6.07, 6.45) is -0.762. The Bertz CT molecular complexity index is 826. The summed E-state index contributed by atoms with van der Waals surface area (Å²) in [4.78, 5) is 23.8. The molecule has 0 aromatic heterocycles. The van der Waals surface area contributed by atoms with Crippen molar-refractivity contribution in [1.29, 1.82) is 0 Å². The van der Waals surface area contributed by atoms with Crippen molar-refractivity contribution in [2.45, 2.75) is 38.8 Å². The summed E-state index contributed by atoms with van der Waals surface area (Å²) in [6.45, 7) is 3.77. The molecule has 5 nitrogen and oxygen atoms in total. The lowest BCUT2D eigenvalue weighted by molar-refractivity contribution is -0.139. The lowest BCUT2D eigenvalue weighted by Crippen LogP contribution is -2.42. The van der Waals surface area contributed by atoms with E-state index in [-0.39, 0.29) is 5.92 Å². The Hall–Kier alpha value is -2.24. The number of nitrogens with one attached hydrogen (secondary N) is 1. The van der Waals surface area contributed by atoms with Crippen molar-refractivity contribution >= 4 is 35.3 Å². The molecule has 0 aliphatic carbocycles. The highest BCUT2D eigenvalue weighted by molar-refractivity contribution is 6.30. The number of amides is 1. The van der Waals surface area contributed by atoms with Crippen LogP contribution in [0.1, 0.15) is 37.5 Å². The van der Waals surface area contributed by atoms with E-state index < -0.39 is 24.2 Å². The summed E-state index contributed by atoms with van der Waals surface area (Å²) in [5, 5.41) is 12.9. The van der Waals surface area contributed by atoms with Gasteiger partial charge in [0.1, 0.15) is 12.1 Å². The van der Waals surface area contributed by atoms with E-state index in [1.807, 2.05) is 26.0 Å². The second-order valence-electron chi connectivity index (χ2n) is 6.95. The number of carbonyl (C=O) groups excluding carboxylic acids is 1. The van der Waals surface area contributed by atoms with Gasteiger partial charge in [-0.2, -0.15) is 0 Å². The molecule has 0 aliphatic rings. The largest absolute Gasteiger partial charge is 0.480 e. The Balaban J connectivity index is 2.19. The second-order valence-corrected chi connectivity index (χ2v) is 7.82. The van der Waals surface area contributed by atoms with E-state index in [1.54, 1.807) is 36.4 Å². The molecule has 0 saturated carbocycles. The molecule has 2 rings (SSSR count). The van der Waals surface area contributed by atoms with Gasteiger partial charge in [0.15, 0.2) is 0 Å². The fourth-order valence-electron chi connectivity index (χ4n) is 2.81. The van der Waals surface area contributed by atoms with Gasteiger partial charge in [-0.1, -0.05) is 61.3 Å². The van der Waals surface area contributed by atoms with Crippen LogP contribution < -0.4 is 5.32 Å². The number of rotatable bonds is 8. The van der Waals surface area contributed by atoms with Crippen molar-refractivity contribution in [2.24, 2.45) is 5.92 Å². The van der Waals surface area contributed by atoms with E-state index in [2.05, 4.69) is 5.32 Å². The molecule has 0 heterocycles. The molecule has 0 radical (unpaired) electrons. The summed E-state index contributed by atoms with van der Waals surface area (Å²) in [5.41, 5.74) is 1.58. The SMILES string of the molecule is CC(C)CC(NC(=O)OC(Cc1cccc(Cl)c1)c1cccc(Cl)c1)C(=O)O. The van der Waals surface area contributed by atoms with Gasteiger partial charge in [0, 0.05) is 16.5 Å². The first-order valence-electron chi connectivity index (χ1n) is 8.94. The maximum absolute atomic E-state index is 12.4. The van der Waals surface area contributed by atoms with Crippen molar-refractivity contribution in [3.63, 3.8) is 0 Å². The van der Waals surface area contributed by atoms with Crippen molar-refractivity contribution < 1.29 is 19.4 Å². The molecule has 2 aromatic rings. The third-order valence-corrected chi connectivity index (χ3v) is 4.55. The average Bonchev–Trinajstić information content (AvgIpc) is 2.60. The van der Waals surface area contributed by atoms with Gasteiger partial charge >= 0.3 is 12.1 Å². The Morgan fingerprint density at radius 1 is 1.07 bits per heavy atom. The minimum atomic E-state index is -1.10. The zero-order valence-corrected chi connectivity index (χ0v) is 17.2. The third-order valence-electron chi connectivity index (χ3n) is 4.08. The Morgan fingerprint density at radius 3 is 2.29 bits per heavy atom. The predicted molar refractivity (Wildman–Crippen MR) is 110 cm³/mol. The number of halogens is 2. The first-order chi connectivity index (χ1) is 13.2. The van der Waals surface area contributed by atoms with Crippen LogP contribution in [-0.2, 0) is 16.0 Å². The van der Waals surface area contributed by atoms with Gasteiger partial charge in [0.2, 0.25) is 0 Å². The van der Waals surface area contributed by atoms with Crippen LogP contribution in [0.15, 0.2) is 48.5 Å². The minimum absolute atomic E-state index is 0.108. The molecule has 0 spiro atoms. The number of hydrogen-bond donors (Lipinski definition) is 2. The Morgan fingerprint density at radius 2 is 1.71 bits per heavy atom. The number of hydrogen-bond acceptors (Lipinski definition) is 3. The highest BCUT2D eigenvalue weighted by atomic mass is 35.5. The first-order valence-corrected chi connectivity index (χ1v) is 9.70. The smallest absolute Gasteiger partial charge is 0.408 e. The van der Waals surface area contributed by atoms with E-state index in [0.717, 1.165) is 5.56 Å². The molecule has 2 N–H and O–H groups in total. The van der Waals surface area contributed by atoms with Crippen LogP contribution in [0.2, 0.25) is 10.0 Å². The maximum atomic E-state index is 12.4. The van der Waals surface area contributed by atoms with Crippen molar-refractivity contribution in [1.82, 2.24) is 5.32 Å². The summed E-state index contributed by atoms with van der Waals surface area (Å²) in [6, 6.07) is 13.2. The third kappa shape index (κ3) is 7.06. The van der Waals surface area contributed by atoms with Crippen molar-refractivity contribution in [3.8, 4) is 0 Å². The van der Waals surface area contributed by atoms with Gasteiger partial charge < -0.3 is 15.2 Å². The minimum Gasteiger partial charge on any atom is -0.480 e. The molecular formula is C21H23Cl2NO4. The lowest BCUT2D eigenvalue weighted by Gasteiger charge is -2.22. The van der Waals surface area contributed by atoms with Gasteiger partial charge in [-0.15, -0.1) is 0 Å². The van der Waals surface area contributed by atoms with Gasteiger partial charge in [-0.05, 0) is 47.7 Å². The lowest BCUT2D eigenvalue weighted by atomic mass is 10.0. The van der Waals surface area contributed by atoms with Gasteiger partial charge in [-0.3, -0.25) is 0 Å². The molecule has 28 heavy (non-hydrogen) atoms.